The number of nitrogens with zero attached hydrogens (tertiary/aromatic N) is 2. The van der Waals surface area contributed by atoms with E-state index in [4.69, 9.17) is 4.74 Å². The molecule has 23 heavy (non-hydrogen) atoms. The van der Waals surface area contributed by atoms with E-state index in [0.717, 1.165) is 64.2 Å². The van der Waals surface area contributed by atoms with Gasteiger partial charge in [-0.2, -0.15) is 0 Å². The van der Waals surface area contributed by atoms with Gasteiger partial charge in [-0.3, -0.25) is 9.59 Å². The Morgan fingerprint density at radius 1 is 1.04 bits per heavy atom. The quantitative estimate of drug-likeness (QED) is 0.795. The molecule has 1 aliphatic carbocycles. The van der Waals surface area contributed by atoms with Gasteiger partial charge in [0.05, 0.1) is 5.41 Å². The van der Waals surface area contributed by atoms with Crippen LogP contribution in [0.15, 0.2) is 0 Å². The van der Waals surface area contributed by atoms with E-state index < -0.39 is 0 Å². The van der Waals surface area contributed by atoms with E-state index in [9.17, 15) is 9.59 Å². The van der Waals surface area contributed by atoms with Crippen LogP contribution in [-0.2, 0) is 14.3 Å². The molecule has 0 radical (unpaired) electrons. The summed E-state index contributed by atoms with van der Waals surface area (Å²) < 4.78 is 5.36. The normalized spacial score (nSPS) is 28.6. The van der Waals surface area contributed by atoms with Crippen molar-refractivity contribution in [1.29, 1.82) is 0 Å². The number of hydrogen-bond donors (Lipinski definition) is 0. The van der Waals surface area contributed by atoms with Crippen molar-refractivity contribution in [1.82, 2.24) is 9.80 Å². The van der Waals surface area contributed by atoms with Crippen LogP contribution in [0.2, 0.25) is 0 Å². The van der Waals surface area contributed by atoms with Crippen LogP contribution in [-0.4, -0.2) is 61.0 Å². The lowest BCUT2D eigenvalue weighted by atomic mass is 9.76. The molecule has 2 amide bonds. The smallest absolute Gasteiger partial charge is 0.229 e. The molecule has 3 heterocycles. The standard InChI is InChI=1S/C18H28N2O3/c21-16(15-3-11-23-12-4-15)19-8-5-18(6-9-19)7-10-20(17(18)22)13-14-1-2-14/h14-15H,1-13H2. The van der Waals surface area contributed by atoms with Crippen LogP contribution in [0.5, 0.6) is 0 Å². The van der Waals surface area contributed by atoms with Gasteiger partial charge in [0.2, 0.25) is 11.8 Å². The van der Waals surface area contributed by atoms with Gasteiger partial charge in [-0.1, -0.05) is 0 Å². The van der Waals surface area contributed by atoms with Gasteiger partial charge in [0.25, 0.3) is 0 Å². The molecule has 5 nitrogen and oxygen atoms in total. The second-order valence-corrected chi connectivity index (χ2v) is 7.94. The maximum Gasteiger partial charge on any atom is 0.229 e. The molecule has 0 aromatic carbocycles. The zero-order valence-corrected chi connectivity index (χ0v) is 14.0. The van der Waals surface area contributed by atoms with Crippen LogP contribution in [0.25, 0.3) is 0 Å². The minimum atomic E-state index is -0.151. The fourth-order valence-corrected chi connectivity index (χ4v) is 4.50. The Hall–Kier alpha value is -1.10. The van der Waals surface area contributed by atoms with Crippen LogP contribution in [0.1, 0.15) is 44.9 Å². The van der Waals surface area contributed by atoms with Crippen LogP contribution >= 0.6 is 0 Å². The van der Waals surface area contributed by atoms with E-state index in [-0.39, 0.29) is 11.3 Å². The van der Waals surface area contributed by atoms with Gasteiger partial charge in [0.15, 0.2) is 0 Å². The second kappa shape index (κ2) is 6.08. The van der Waals surface area contributed by atoms with E-state index in [1.54, 1.807) is 0 Å². The van der Waals surface area contributed by atoms with Crippen molar-refractivity contribution in [2.24, 2.45) is 17.3 Å². The van der Waals surface area contributed by atoms with E-state index in [1.807, 2.05) is 4.90 Å². The third-order valence-electron chi connectivity index (χ3n) is 6.38. The first-order valence-electron chi connectivity index (χ1n) is 9.34. The summed E-state index contributed by atoms with van der Waals surface area (Å²) in [5.74, 6) is 1.58. The predicted molar refractivity (Wildman–Crippen MR) is 85.7 cm³/mol. The molecule has 0 atom stereocenters. The summed E-state index contributed by atoms with van der Waals surface area (Å²) in [6, 6.07) is 0. The minimum absolute atomic E-state index is 0.142. The van der Waals surface area contributed by atoms with Crippen molar-refractivity contribution >= 4 is 11.8 Å². The molecule has 4 rings (SSSR count). The highest BCUT2D eigenvalue weighted by Gasteiger charge is 2.49. The van der Waals surface area contributed by atoms with E-state index in [1.165, 1.54) is 12.8 Å². The van der Waals surface area contributed by atoms with Gasteiger partial charge in [-0.05, 0) is 50.9 Å². The molecule has 5 heteroatoms. The van der Waals surface area contributed by atoms with Gasteiger partial charge in [-0.25, -0.2) is 0 Å². The first kappa shape index (κ1) is 15.4. The molecule has 1 saturated carbocycles. The first-order valence-corrected chi connectivity index (χ1v) is 9.34. The van der Waals surface area contributed by atoms with Crippen LogP contribution < -0.4 is 0 Å². The van der Waals surface area contributed by atoms with Crippen LogP contribution in [0, 0.1) is 17.3 Å². The van der Waals surface area contributed by atoms with Gasteiger partial charge in [0, 0.05) is 45.3 Å². The lowest BCUT2D eigenvalue weighted by Crippen LogP contribution is -2.48. The molecule has 4 aliphatic rings. The number of rotatable bonds is 3. The molecule has 0 unspecified atom stereocenters. The van der Waals surface area contributed by atoms with E-state index in [0.29, 0.717) is 25.0 Å². The molecular formula is C18H28N2O3. The Bertz CT molecular complexity index is 475. The number of carbonyl (C=O) groups is 2. The topological polar surface area (TPSA) is 49.9 Å². The highest BCUT2D eigenvalue weighted by Crippen LogP contribution is 2.43. The van der Waals surface area contributed by atoms with E-state index >= 15 is 0 Å². The van der Waals surface area contributed by atoms with Gasteiger partial charge >= 0.3 is 0 Å². The minimum Gasteiger partial charge on any atom is -0.381 e. The lowest BCUT2D eigenvalue weighted by molar-refractivity contribution is -0.146. The van der Waals surface area contributed by atoms with Crippen molar-refractivity contribution in [2.45, 2.75) is 44.9 Å². The zero-order valence-electron chi connectivity index (χ0n) is 14.0. The van der Waals surface area contributed by atoms with Crippen molar-refractivity contribution in [3.63, 3.8) is 0 Å². The molecule has 4 fully saturated rings. The molecule has 0 bridgehead atoms. The number of ether oxygens (including phenoxy) is 1. The molecule has 3 aliphatic heterocycles. The Labute approximate surface area is 138 Å². The second-order valence-electron chi connectivity index (χ2n) is 7.94. The summed E-state index contributed by atoms with van der Waals surface area (Å²) >= 11 is 0. The first-order chi connectivity index (χ1) is 11.2. The number of likely N-dealkylation sites (tertiary alicyclic amines) is 2. The summed E-state index contributed by atoms with van der Waals surface area (Å²) in [4.78, 5) is 29.6. The fraction of sp³-hybridized carbons (Fsp3) is 0.889. The van der Waals surface area contributed by atoms with Crippen molar-refractivity contribution < 1.29 is 14.3 Å². The fourth-order valence-electron chi connectivity index (χ4n) is 4.50. The average molecular weight is 320 g/mol. The molecule has 0 aromatic heterocycles. The highest BCUT2D eigenvalue weighted by molar-refractivity contribution is 5.85. The Morgan fingerprint density at radius 2 is 1.70 bits per heavy atom. The summed E-state index contributed by atoms with van der Waals surface area (Å²) in [7, 11) is 0. The van der Waals surface area contributed by atoms with Crippen LogP contribution in [0.4, 0.5) is 0 Å². The van der Waals surface area contributed by atoms with Crippen molar-refractivity contribution in [3.8, 4) is 0 Å². The molecule has 128 valence electrons. The largest absolute Gasteiger partial charge is 0.381 e. The van der Waals surface area contributed by atoms with Crippen molar-refractivity contribution in [3.05, 3.63) is 0 Å². The maximum absolute atomic E-state index is 12.8. The third kappa shape index (κ3) is 3.00. The number of carbonyl (C=O) groups excluding carboxylic acids is 2. The van der Waals surface area contributed by atoms with Gasteiger partial charge in [-0.15, -0.1) is 0 Å². The number of piperidine rings is 1. The third-order valence-corrected chi connectivity index (χ3v) is 6.38. The van der Waals surface area contributed by atoms with Gasteiger partial charge < -0.3 is 14.5 Å². The molecule has 3 saturated heterocycles. The number of amides is 2. The predicted octanol–water partition coefficient (Wildman–Crippen LogP) is 1.66. The summed E-state index contributed by atoms with van der Waals surface area (Å²) in [5.41, 5.74) is -0.151. The zero-order chi connectivity index (χ0) is 15.9. The van der Waals surface area contributed by atoms with E-state index in [2.05, 4.69) is 4.90 Å². The summed E-state index contributed by atoms with van der Waals surface area (Å²) in [6.45, 7) is 4.86. The molecule has 0 aromatic rings. The molecular weight excluding hydrogens is 292 g/mol. The highest BCUT2D eigenvalue weighted by atomic mass is 16.5. The SMILES string of the molecule is O=C(C1CCOCC1)N1CCC2(CC1)CCN(CC1CC1)C2=O. The number of hydrogen-bond acceptors (Lipinski definition) is 3. The maximum atomic E-state index is 12.8. The average Bonchev–Trinajstić information content (AvgIpc) is 3.38. The van der Waals surface area contributed by atoms with Gasteiger partial charge in [0.1, 0.15) is 0 Å². The Balaban J connectivity index is 1.33. The molecule has 1 spiro atoms. The Kier molecular flexibility index (Phi) is 4.08. The van der Waals surface area contributed by atoms with Crippen LogP contribution in [0.3, 0.4) is 0 Å². The van der Waals surface area contributed by atoms with Crippen molar-refractivity contribution in [2.75, 3.05) is 39.4 Å². The molecule has 0 N–H and O–H groups in total. The summed E-state index contributed by atoms with van der Waals surface area (Å²) in [6.07, 6.45) is 7.03. The monoisotopic (exact) mass is 320 g/mol. The Morgan fingerprint density at radius 3 is 2.35 bits per heavy atom. The summed E-state index contributed by atoms with van der Waals surface area (Å²) in [5, 5.41) is 0. The lowest BCUT2D eigenvalue weighted by Gasteiger charge is -2.39.